The van der Waals surface area contributed by atoms with Gasteiger partial charge in [0, 0.05) is 12.7 Å². The standard InChI is InChI=1S/C15H19N3O/c1-4-19-15-13(16)8-9-14(17-15)18(3)12-7-5-6-11(2)10-12/h5-10H,4,16H2,1-3H3. The first-order valence-corrected chi connectivity index (χ1v) is 6.31. The number of aryl methyl sites for hydroxylation is 1. The molecule has 0 radical (unpaired) electrons. The van der Waals surface area contributed by atoms with Gasteiger partial charge in [-0.25, -0.2) is 0 Å². The number of aromatic nitrogens is 1. The van der Waals surface area contributed by atoms with E-state index in [4.69, 9.17) is 10.5 Å². The first-order chi connectivity index (χ1) is 9.11. The summed E-state index contributed by atoms with van der Waals surface area (Å²) in [6.07, 6.45) is 0. The number of ether oxygens (including phenoxy) is 1. The van der Waals surface area contributed by atoms with Crippen LogP contribution in [0.3, 0.4) is 0 Å². The molecule has 0 aliphatic rings. The van der Waals surface area contributed by atoms with Gasteiger partial charge in [-0.1, -0.05) is 12.1 Å². The molecule has 0 bridgehead atoms. The second-order valence-corrected chi connectivity index (χ2v) is 4.39. The van der Waals surface area contributed by atoms with Gasteiger partial charge in [-0.2, -0.15) is 4.98 Å². The largest absolute Gasteiger partial charge is 0.476 e. The minimum absolute atomic E-state index is 0.486. The third kappa shape index (κ3) is 2.96. The quantitative estimate of drug-likeness (QED) is 0.914. The summed E-state index contributed by atoms with van der Waals surface area (Å²) in [4.78, 5) is 6.46. The monoisotopic (exact) mass is 257 g/mol. The van der Waals surface area contributed by atoms with Crippen LogP contribution in [0, 0.1) is 6.92 Å². The number of nitrogens with two attached hydrogens (primary N) is 1. The molecule has 2 rings (SSSR count). The molecule has 0 amide bonds. The lowest BCUT2D eigenvalue weighted by atomic mass is 10.2. The highest BCUT2D eigenvalue weighted by atomic mass is 16.5. The molecule has 2 aromatic rings. The Hall–Kier alpha value is -2.23. The second-order valence-electron chi connectivity index (χ2n) is 4.39. The number of pyridine rings is 1. The van der Waals surface area contributed by atoms with Crippen LogP contribution in [0.15, 0.2) is 36.4 Å². The zero-order valence-corrected chi connectivity index (χ0v) is 11.6. The Morgan fingerprint density at radius 2 is 2.05 bits per heavy atom. The zero-order chi connectivity index (χ0) is 13.8. The summed E-state index contributed by atoms with van der Waals surface area (Å²) in [5.74, 6) is 1.29. The van der Waals surface area contributed by atoms with Crippen molar-refractivity contribution in [3.05, 3.63) is 42.0 Å². The molecule has 4 heteroatoms. The molecule has 100 valence electrons. The van der Waals surface area contributed by atoms with Crippen LogP contribution in [-0.2, 0) is 0 Å². The minimum atomic E-state index is 0.486. The van der Waals surface area contributed by atoms with Crippen molar-refractivity contribution < 1.29 is 4.74 Å². The van der Waals surface area contributed by atoms with E-state index in [1.54, 1.807) is 0 Å². The SMILES string of the molecule is CCOc1nc(N(C)c2cccc(C)c2)ccc1N. The molecule has 0 unspecified atom stereocenters. The van der Waals surface area contributed by atoms with E-state index < -0.39 is 0 Å². The van der Waals surface area contributed by atoms with E-state index >= 15 is 0 Å². The summed E-state index contributed by atoms with van der Waals surface area (Å²) in [6.45, 7) is 4.53. The first-order valence-electron chi connectivity index (χ1n) is 6.31. The van der Waals surface area contributed by atoms with Crippen molar-refractivity contribution in [1.29, 1.82) is 0 Å². The molecule has 1 aromatic heterocycles. The van der Waals surface area contributed by atoms with Gasteiger partial charge in [0.25, 0.3) is 0 Å². The van der Waals surface area contributed by atoms with Crippen molar-refractivity contribution in [1.82, 2.24) is 4.98 Å². The Morgan fingerprint density at radius 3 is 2.74 bits per heavy atom. The van der Waals surface area contributed by atoms with Crippen LogP contribution in [0.25, 0.3) is 0 Å². The first kappa shape index (κ1) is 13.2. The third-order valence-corrected chi connectivity index (χ3v) is 2.89. The van der Waals surface area contributed by atoms with Crippen LogP contribution in [0.4, 0.5) is 17.2 Å². The number of nitrogen functional groups attached to an aromatic ring is 1. The van der Waals surface area contributed by atoms with Crippen molar-refractivity contribution in [3.8, 4) is 5.88 Å². The van der Waals surface area contributed by atoms with Gasteiger partial charge in [0.05, 0.1) is 12.3 Å². The Labute approximate surface area is 113 Å². The molecule has 2 N–H and O–H groups in total. The molecule has 0 aliphatic carbocycles. The molecular formula is C15H19N3O. The highest BCUT2D eigenvalue weighted by molar-refractivity contribution is 5.63. The van der Waals surface area contributed by atoms with E-state index in [1.165, 1.54) is 5.56 Å². The zero-order valence-electron chi connectivity index (χ0n) is 11.6. The van der Waals surface area contributed by atoms with Gasteiger partial charge >= 0.3 is 0 Å². The van der Waals surface area contributed by atoms with Gasteiger partial charge in [-0.3, -0.25) is 0 Å². The number of hydrogen-bond donors (Lipinski definition) is 1. The third-order valence-electron chi connectivity index (χ3n) is 2.89. The highest BCUT2D eigenvalue weighted by Gasteiger charge is 2.09. The highest BCUT2D eigenvalue weighted by Crippen LogP contribution is 2.27. The van der Waals surface area contributed by atoms with Gasteiger partial charge in [0.1, 0.15) is 5.82 Å². The summed E-state index contributed by atoms with van der Waals surface area (Å²) in [6, 6.07) is 12.0. The van der Waals surface area contributed by atoms with Gasteiger partial charge < -0.3 is 15.4 Å². The lowest BCUT2D eigenvalue weighted by Crippen LogP contribution is -2.12. The van der Waals surface area contributed by atoms with E-state index in [2.05, 4.69) is 24.0 Å². The average molecular weight is 257 g/mol. The predicted molar refractivity (Wildman–Crippen MR) is 79.1 cm³/mol. The summed E-state index contributed by atoms with van der Waals surface area (Å²) in [5.41, 5.74) is 8.69. The Kier molecular flexibility index (Phi) is 3.90. The van der Waals surface area contributed by atoms with Crippen LogP contribution in [0.1, 0.15) is 12.5 Å². The Morgan fingerprint density at radius 1 is 1.26 bits per heavy atom. The van der Waals surface area contributed by atoms with Crippen LogP contribution in [0.2, 0.25) is 0 Å². The molecule has 4 nitrogen and oxygen atoms in total. The maximum absolute atomic E-state index is 5.83. The molecule has 0 spiro atoms. The second kappa shape index (κ2) is 5.61. The van der Waals surface area contributed by atoms with Gasteiger partial charge in [-0.05, 0) is 43.7 Å². The number of benzene rings is 1. The summed E-state index contributed by atoms with van der Waals surface area (Å²) >= 11 is 0. The summed E-state index contributed by atoms with van der Waals surface area (Å²) in [7, 11) is 1.98. The van der Waals surface area contributed by atoms with Gasteiger partial charge in [-0.15, -0.1) is 0 Å². The van der Waals surface area contributed by atoms with Crippen molar-refractivity contribution >= 4 is 17.2 Å². The van der Waals surface area contributed by atoms with E-state index in [-0.39, 0.29) is 0 Å². The van der Waals surface area contributed by atoms with E-state index in [9.17, 15) is 0 Å². The normalized spacial score (nSPS) is 10.3. The lowest BCUT2D eigenvalue weighted by molar-refractivity contribution is 0.329. The van der Waals surface area contributed by atoms with Crippen molar-refractivity contribution in [2.45, 2.75) is 13.8 Å². The average Bonchev–Trinajstić information content (AvgIpc) is 2.41. The summed E-state index contributed by atoms with van der Waals surface area (Å²) in [5, 5.41) is 0. The molecule has 1 aromatic carbocycles. The van der Waals surface area contributed by atoms with E-state index in [0.29, 0.717) is 18.2 Å². The smallest absolute Gasteiger partial charge is 0.239 e. The maximum atomic E-state index is 5.83. The fourth-order valence-corrected chi connectivity index (χ4v) is 1.85. The molecule has 19 heavy (non-hydrogen) atoms. The number of hydrogen-bond acceptors (Lipinski definition) is 4. The van der Waals surface area contributed by atoms with Crippen LogP contribution in [-0.4, -0.2) is 18.6 Å². The Balaban J connectivity index is 2.33. The molecule has 0 saturated carbocycles. The number of nitrogens with zero attached hydrogens (tertiary/aromatic N) is 2. The van der Waals surface area contributed by atoms with Crippen molar-refractivity contribution in [3.63, 3.8) is 0 Å². The fraction of sp³-hybridized carbons (Fsp3) is 0.267. The summed E-state index contributed by atoms with van der Waals surface area (Å²) < 4.78 is 5.42. The predicted octanol–water partition coefficient (Wildman–Crippen LogP) is 3.14. The van der Waals surface area contributed by atoms with Gasteiger partial charge in [0.15, 0.2) is 0 Å². The maximum Gasteiger partial charge on any atom is 0.239 e. The van der Waals surface area contributed by atoms with E-state index in [0.717, 1.165) is 11.5 Å². The van der Waals surface area contributed by atoms with Crippen molar-refractivity contribution in [2.24, 2.45) is 0 Å². The molecule has 1 heterocycles. The molecular weight excluding hydrogens is 238 g/mol. The minimum Gasteiger partial charge on any atom is -0.476 e. The lowest BCUT2D eigenvalue weighted by Gasteiger charge is -2.20. The number of rotatable bonds is 4. The van der Waals surface area contributed by atoms with Crippen LogP contribution < -0.4 is 15.4 Å². The van der Waals surface area contributed by atoms with Crippen molar-refractivity contribution in [2.75, 3.05) is 24.3 Å². The van der Waals surface area contributed by atoms with Crippen LogP contribution in [0.5, 0.6) is 5.88 Å². The molecule has 0 atom stereocenters. The molecule has 0 aliphatic heterocycles. The van der Waals surface area contributed by atoms with Gasteiger partial charge in [0.2, 0.25) is 5.88 Å². The Bertz CT molecular complexity index is 569. The number of anilines is 3. The van der Waals surface area contributed by atoms with Crippen LogP contribution >= 0.6 is 0 Å². The molecule has 0 saturated heterocycles. The van der Waals surface area contributed by atoms with E-state index in [1.807, 2.05) is 43.1 Å². The molecule has 0 fully saturated rings. The fourth-order valence-electron chi connectivity index (χ4n) is 1.85. The topological polar surface area (TPSA) is 51.4 Å².